The zero-order valence-electron chi connectivity index (χ0n) is 12.7. The minimum atomic E-state index is -3.53. The van der Waals surface area contributed by atoms with E-state index in [1.165, 1.54) is 4.31 Å². The minimum absolute atomic E-state index is 0.140. The van der Waals surface area contributed by atoms with Crippen LogP contribution in [0.15, 0.2) is 46.7 Å². The van der Waals surface area contributed by atoms with E-state index < -0.39 is 10.0 Å². The average Bonchev–Trinajstić information content (AvgIpc) is 2.97. The number of thiophene rings is 1. The summed E-state index contributed by atoms with van der Waals surface area (Å²) in [6.45, 7) is 2.62. The SMILES string of the molecule is CC1COC(Cc2ccccc2)CN1S(=O)(=O)c1ccc(Cl)s1. The summed E-state index contributed by atoms with van der Waals surface area (Å²) in [7, 11) is -3.53. The summed E-state index contributed by atoms with van der Waals surface area (Å²) in [4.78, 5) is 0. The maximum absolute atomic E-state index is 12.8. The molecule has 4 nitrogen and oxygen atoms in total. The lowest BCUT2D eigenvalue weighted by atomic mass is 10.1. The van der Waals surface area contributed by atoms with E-state index in [-0.39, 0.29) is 16.4 Å². The Morgan fingerprint density at radius 2 is 2.00 bits per heavy atom. The highest BCUT2D eigenvalue weighted by Crippen LogP contribution is 2.30. The first kappa shape index (κ1) is 16.9. The molecule has 1 saturated heterocycles. The van der Waals surface area contributed by atoms with Crippen LogP contribution in [-0.4, -0.2) is 38.0 Å². The lowest BCUT2D eigenvalue weighted by Gasteiger charge is -2.36. The Morgan fingerprint density at radius 1 is 1.26 bits per heavy atom. The molecule has 3 rings (SSSR count). The maximum atomic E-state index is 12.8. The van der Waals surface area contributed by atoms with Crippen LogP contribution in [-0.2, 0) is 21.2 Å². The van der Waals surface area contributed by atoms with Crippen LogP contribution in [0, 0.1) is 0 Å². The minimum Gasteiger partial charge on any atom is -0.375 e. The number of rotatable bonds is 4. The fourth-order valence-corrected chi connectivity index (χ4v) is 5.94. The molecular weight excluding hydrogens is 354 g/mol. The lowest BCUT2D eigenvalue weighted by molar-refractivity contribution is -0.0264. The predicted molar refractivity (Wildman–Crippen MR) is 92.6 cm³/mol. The molecule has 2 atom stereocenters. The molecule has 1 aliphatic heterocycles. The van der Waals surface area contributed by atoms with E-state index in [1.54, 1.807) is 12.1 Å². The summed E-state index contributed by atoms with van der Waals surface area (Å²) in [6, 6.07) is 13.0. The number of sulfonamides is 1. The molecule has 7 heteroatoms. The number of benzene rings is 1. The normalized spacial score (nSPS) is 23.0. The van der Waals surface area contributed by atoms with Crippen LogP contribution in [0.1, 0.15) is 12.5 Å². The van der Waals surface area contributed by atoms with Gasteiger partial charge in [-0.25, -0.2) is 8.42 Å². The van der Waals surface area contributed by atoms with Crippen molar-refractivity contribution >= 4 is 33.0 Å². The van der Waals surface area contributed by atoms with Gasteiger partial charge in [0, 0.05) is 12.6 Å². The van der Waals surface area contributed by atoms with Crippen molar-refractivity contribution in [1.29, 1.82) is 0 Å². The first-order valence-electron chi connectivity index (χ1n) is 7.39. The van der Waals surface area contributed by atoms with E-state index in [9.17, 15) is 8.42 Å². The monoisotopic (exact) mass is 371 g/mol. The number of ether oxygens (including phenoxy) is 1. The molecule has 0 radical (unpaired) electrons. The Kier molecular flexibility index (Phi) is 5.08. The summed E-state index contributed by atoms with van der Waals surface area (Å²) >= 11 is 6.98. The van der Waals surface area contributed by atoms with E-state index >= 15 is 0 Å². The fourth-order valence-electron chi connectivity index (χ4n) is 2.68. The Labute approximate surface area is 145 Å². The van der Waals surface area contributed by atoms with Gasteiger partial charge < -0.3 is 4.74 Å². The van der Waals surface area contributed by atoms with Crippen molar-refractivity contribution in [3.8, 4) is 0 Å². The molecule has 1 aliphatic rings. The highest BCUT2D eigenvalue weighted by atomic mass is 35.5. The molecule has 0 spiro atoms. The highest BCUT2D eigenvalue weighted by Gasteiger charge is 2.36. The summed E-state index contributed by atoms with van der Waals surface area (Å²) in [5.41, 5.74) is 1.14. The van der Waals surface area contributed by atoms with E-state index in [4.69, 9.17) is 16.3 Å². The van der Waals surface area contributed by atoms with Gasteiger partial charge in [0.05, 0.1) is 17.0 Å². The second-order valence-corrected chi connectivity index (χ2v) is 9.46. The molecule has 124 valence electrons. The van der Waals surface area contributed by atoms with E-state index in [0.717, 1.165) is 16.9 Å². The van der Waals surface area contributed by atoms with Gasteiger partial charge in [0.2, 0.25) is 0 Å². The van der Waals surface area contributed by atoms with Crippen LogP contribution in [0.4, 0.5) is 0 Å². The largest absolute Gasteiger partial charge is 0.375 e. The van der Waals surface area contributed by atoms with Gasteiger partial charge in [0.1, 0.15) is 4.21 Å². The van der Waals surface area contributed by atoms with Crippen molar-refractivity contribution in [3.63, 3.8) is 0 Å². The molecule has 2 aromatic rings. The predicted octanol–water partition coefficient (Wildman–Crippen LogP) is 3.42. The number of halogens is 1. The van der Waals surface area contributed by atoms with Crippen molar-refractivity contribution in [2.45, 2.75) is 29.7 Å². The molecule has 23 heavy (non-hydrogen) atoms. The highest BCUT2D eigenvalue weighted by molar-refractivity contribution is 7.91. The lowest BCUT2D eigenvalue weighted by Crippen LogP contribution is -2.51. The van der Waals surface area contributed by atoms with Crippen molar-refractivity contribution in [2.24, 2.45) is 0 Å². The molecule has 1 fully saturated rings. The Hall–Kier alpha value is -0.920. The first-order valence-corrected chi connectivity index (χ1v) is 10.0. The van der Waals surface area contributed by atoms with Crippen LogP contribution < -0.4 is 0 Å². The van der Waals surface area contributed by atoms with Gasteiger partial charge >= 0.3 is 0 Å². The van der Waals surface area contributed by atoms with Crippen molar-refractivity contribution in [1.82, 2.24) is 4.31 Å². The molecule has 0 bridgehead atoms. The first-order chi connectivity index (χ1) is 11.0. The number of morpholine rings is 1. The molecular formula is C16H18ClNO3S2. The third kappa shape index (κ3) is 3.78. The Balaban J connectivity index is 1.78. The molecule has 2 heterocycles. The van der Waals surface area contributed by atoms with Crippen molar-refractivity contribution in [3.05, 3.63) is 52.4 Å². The van der Waals surface area contributed by atoms with Gasteiger partial charge in [0.15, 0.2) is 0 Å². The molecule has 1 aromatic carbocycles. The zero-order chi connectivity index (χ0) is 16.4. The molecule has 0 amide bonds. The number of hydrogen-bond acceptors (Lipinski definition) is 4. The van der Waals surface area contributed by atoms with Gasteiger partial charge in [-0.2, -0.15) is 4.31 Å². The van der Waals surface area contributed by atoms with Gasteiger partial charge in [-0.05, 0) is 31.0 Å². The molecule has 0 N–H and O–H groups in total. The molecule has 2 unspecified atom stereocenters. The Bertz CT molecular complexity index is 761. The van der Waals surface area contributed by atoms with Gasteiger partial charge in [0.25, 0.3) is 10.0 Å². The number of hydrogen-bond donors (Lipinski definition) is 0. The summed E-state index contributed by atoms with van der Waals surface area (Å²) in [6.07, 6.45) is 0.559. The molecule has 0 aliphatic carbocycles. The molecule has 0 saturated carbocycles. The summed E-state index contributed by atoms with van der Waals surface area (Å²) in [5.74, 6) is 0. The fraction of sp³-hybridized carbons (Fsp3) is 0.375. The van der Waals surface area contributed by atoms with Crippen LogP contribution in [0.5, 0.6) is 0 Å². The topological polar surface area (TPSA) is 46.6 Å². The van der Waals surface area contributed by atoms with E-state index in [0.29, 0.717) is 23.9 Å². The third-order valence-corrected chi connectivity index (χ3v) is 7.54. The standard InChI is InChI=1S/C16H18ClNO3S2/c1-12-11-21-14(9-13-5-3-2-4-6-13)10-18(12)23(19,20)16-8-7-15(17)22-16/h2-8,12,14H,9-11H2,1H3. The van der Waals surface area contributed by atoms with Crippen LogP contribution in [0.2, 0.25) is 4.34 Å². The van der Waals surface area contributed by atoms with E-state index in [1.807, 2.05) is 37.3 Å². The smallest absolute Gasteiger partial charge is 0.253 e. The Morgan fingerprint density at radius 3 is 2.65 bits per heavy atom. The maximum Gasteiger partial charge on any atom is 0.253 e. The van der Waals surface area contributed by atoms with E-state index in [2.05, 4.69) is 0 Å². The van der Waals surface area contributed by atoms with Gasteiger partial charge in [-0.3, -0.25) is 0 Å². The number of nitrogens with zero attached hydrogens (tertiary/aromatic N) is 1. The van der Waals surface area contributed by atoms with Crippen LogP contribution >= 0.6 is 22.9 Å². The molecule has 1 aromatic heterocycles. The van der Waals surface area contributed by atoms with Crippen molar-refractivity contribution in [2.75, 3.05) is 13.2 Å². The summed E-state index contributed by atoms with van der Waals surface area (Å²) in [5, 5.41) is 0. The van der Waals surface area contributed by atoms with Gasteiger partial charge in [-0.1, -0.05) is 41.9 Å². The third-order valence-electron chi connectivity index (χ3n) is 3.87. The zero-order valence-corrected chi connectivity index (χ0v) is 15.1. The van der Waals surface area contributed by atoms with Crippen molar-refractivity contribution < 1.29 is 13.2 Å². The average molecular weight is 372 g/mol. The second kappa shape index (κ2) is 6.91. The van der Waals surface area contributed by atoms with Crippen LogP contribution in [0.25, 0.3) is 0 Å². The quantitative estimate of drug-likeness (QED) is 0.827. The summed E-state index contributed by atoms with van der Waals surface area (Å²) < 4.78 is 33.8. The second-order valence-electron chi connectivity index (χ2n) is 5.63. The van der Waals surface area contributed by atoms with Crippen LogP contribution in [0.3, 0.4) is 0 Å². The van der Waals surface area contributed by atoms with Gasteiger partial charge in [-0.15, -0.1) is 11.3 Å².